The Morgan fingerprint density at radius 2 is 1.89 bits per heavy atom. The first-order valence-corrected chi connectivity index (χ1v) is 6.33. The van der Waals surface area contributed by atoms with E-state index in [-0.39, 0.29) is 17.9 Å². The van der Waals surface area contributed by atoms with Crippen molar-refractivity contribution in [3.63, 3.8) is 0 Å². The molecule has 1 atom stereocenters. The van der Waals surface area contributed by atoms with Gasteiger partial charge in [-0.05, 0) is 31.5 Å². The molecule has 0 aromatic heterocycles. The Hall–Kier alpha value is -1.84. The molecule has 18 heavy (non-hydrogen) atoms. The second-order valence-corrected chi connectivity index (χ2v) is 4.78. The van der Waals surface area contributed by atoms with Gasteiger partial charge in [-0.15, -0.1) is 0 Å². The first kappa shape index (κ1) is 12.6. The number of unbranched alkanes of at least 4 members (excludes halogenated alkanes) is 1. The molecule has 1 unspecified atom stereocenters. The highest BCUT2D eigenvalue weighted by Crippen LogP contribution is 2.27. The predicted molar refractivity (Wildman–Crippen MR) is 70.3 cm³/mol. The summed E-state index contributed by atoms with van der Waals surface area (Å²) in [5.41, 5.74) is 7.07. The van der Waals surface area contributed by atoms with Crippen molar-refractivity contribution >= 4 is 17.5 Å². The van der Waals surface area contributed by atoms with E-state index >= 15 is 0 Å². The van der Waals surface area contributed by atoms with Gasteiger partial charge >= 0.3 is 0 Å². The van der Waals surface area contributed by atoms with Gasteiger partial charge in [0.15, 0.2) is 0 Å². The number of carbonyl (C=O) groups is 2. The maximum atomic E-state index is 12.2. The van der Waals surface area contributed by atoms with E-state index in [1.165, 1.54) is 4.90 Å². The largest absolute Gasteiger partial charge is 0.399 e. The predicted octanol–water partition coefficient (Wildman–Crippen LogP) is 2.44. The molecule has 1 aromatic rings. The Labute approximate surface area is 107 Å². The fourth-order valence-electron chi connectivity index (χ4n) is 2.31. The molecular formula is C14H18N2O2. The van der Waals surface area contributed by atoms with Crippen LogP contribution < -0.4 is 5.73 Å². The summed E-state index contributed by atoms with van der Waals surface area (Å²) in [4.78, 5) is 25.8. The molecule has 0 fully saturated rings. The summed E-state index contributed by atoms with van der Waals surface area (Å²) >= 11 is 0. The number of imide groups is 1. The number of hydrogen-bond acceptors (Lipinski definition) is 3. The molecule has 4 heteroatoms. The second-order valence-electron chi connectivity index (χ2n) is 4.78. The molecule has 1 heterocycles. The third-order valence-corrected chi connectivity index (χ3v) is 3.36. The molecule has 1 aliphatic rings. The van der Waals surface area contributed by atoms with Crippen molar-refractivity contribution in [2.45, 2.75) is 39.2 Å². The zero-order valence-corrected chi connectivity index (χ0v) is 10.8. The number of benzene rings is 1. The van der Waals surface area contributed by atoms with E-state index < -0.39 is 0 Å². The molecule has 0 saturated heterocycles. The highest BCUT2D eigenvalue weighted by Gasteiger charge is 2.38. The summed E-state index contributed by atoms with van der Waals surface area (Å²) in [5.74, 6) is -0.412. The molecule has 0 spiro atoms. The monoisotopic (exact) mass is 246 g/mol. The highest BCUT2D eigenvalue weighted by atomic mass is 16.2. The molecule has 0 saturated carbocycles. The van der Waals surface area contributed by atoms with Gasteiger partial charge in [0.1, 0.15) is 0 Å². The summed E-state index contributed by atoms with van der Waals surface area (Å²) in [6.07, 6.45) is 2.91. The highest BCUT2D eigenvalue weighted by molar-refractivity contribution is 6.21. The average Bonchev–Trinajstić information content (AvgIpc) is 2.59. The van der Waals surface area contributed by atoms with Crippen LogP contribution in [0.5, 0.6) is 0 Å². The molecule has 2 amide bonds. The molecule has 2 N–H and O–H groups in total. The second kappa shape index (κ2) is 4.80. The van der Waals surface area contributed by atoms with E-state index in [0.29, 0.717) is 16.8 Å². The topological polar surface area (TPSA) is 63.4 Å². The van der Waals surface area contributed by atoms with Crippen LogP contribution >= 0.6 is 0 Å². The van der Waals surface area contributed by atoms with Crippen LogP contribution in [0.25, 0.3) is 0 Å². The lowest BCUT2D eigenvalue weighted by molar-refractivity contribution is 0.0588. The van der Waals surface area contributed by atoms with Gasteiger partial charge in [-0.1, -0.05) is 19.8 Å². The maximum Gasteiger partial charge on any atom is 0.261 e. The zero-order valence-electron chi connectivity index (χ0n) is 10.8. The number of carbonyl (C=O) groups excluding carboxylic acids is 2. The number of hydrogen-bond donors (Lipinski definition) is 1. The summed E-state index contributed by atoms with van der Waals surface area (Å²) in [6.45, 7) is 4.01. The van der Waals surface area contributed by atoms with Crippen LogP contribution in [0, 0.1) is 0 Å². The SMILES string of the molecule is CCCCC(C)N1C(=O)c2ccc(N)cc2C1=O. The lowest BCUT2D eigenvalue weighted by Gasteiger charge is -2.22. The molecule has 2 rings (SSSR count). The number of anilines is 1. The lowest BCUT2D eigenvalue weighted by atomic mass is 10.1. The van der Waals surface area contributed by atoms with E-state index in [9.17, 15) is 9.59 Å². The third-order valence-electron chi connectivity index (χ3n) is 3.36. The van der Waals surface area contributed by atoms with E-state index in [1.807, 2.05) is 6.92 Å². The summed E-state index contributed by atoms with van der Waals surface area (Å²) in [5, 5.41) is 0. The number of nitrogens with two attached hydrogens (primary N) is 1. The van der Waals surface area contributed by atoms with Crippen molar-refractivity contribution in [1.82, 2.24) is 4.90 Å². The Kier molecular flexibility index (Phi) is 3.36. The Balaban J connectivity index is 2.28. The van der Waals surface area contributed by atoms with E-state index in [0.717, 1.165) is 19.3 Å². The van der Waals surface area contributed by atoms with Gasteiger partial charge in [0.25, 0.3) is 11.8 Å². The smallest absolute Gasteiger partial charge is 0.261 e. The number of nitrogen functional groups attached to an aromatic ring is 1. The minimum absolute atomic E-state index is 0.0569. The first-order chi connectivity index (χ1) is 8.56. The van der Waals surface area contributed by atoms with Crippen LogP contribution in [0.1, 0.15) is 53.8 Å². The van der Waals surface area contributed by atoms with Gasteiger partial charge in [-0.2, -0.15) is 0 Å². The van der Waals surface area contributed by atoms with Crippen LogP contribution in [0.4, 0.5) is 5.69 Å². The first-order valence-electron chi connectivity index (χ1n) is 6.33. The lowest BCUT2D eigenvalue weighted by Crippen LogP contribution is -2.37. The molecule has 0 aliphatic carbocycles. The van der Waals surface area contributed by atoms with E-state index in [2.05, 4.69) is 6.92 Å². The quantitative estimate of drug-likeness (QED) is 0.655. The number of nitrogens with zero attached hydrogens (tertiary/aromatic N) is 1. The van der Waals surface area contributed by atoms with E-state index in [4.69, 9.17) is 5.73 Å². The minimum atomic E-state index is -0.217. The summed E-state index contributed by atoms with van der Waals surface area (Å²) < 4.78 is 0. The molecule has 4 nitrogen and oxygen atoms in total. The normalized spacial score (nSPS) is 16.0. The zero-order chi connectivity index (χ0) is 13.3. The van der Waals surface area contributed by atoms with Crippen molar-refractivity contribution in [3.05, 3.63) is 29.3 Å². The van der Waals surface area contributed by atoms with Crippen molar-refractivity contribution < 1.29 is 9.59 Å². The van der Waals surface area contributed by atoms with Crippen LogP contribution in [0.3, 0.4) is 0 Å². The Bertz CT molecular complexity index is 497. The van der Waals surface area contributed by atoms with Gasteiger partial charge in [0.2, 0.25) is 0 Å². The Morgan fingerprint density at radius 1 is 1.22 bits per heavy atom. The minimum Gasteiger partial charge on any atom is -0.399 e. The standard InChI is InChI=1S/C14H18N2O2/c1-3-4-5-9(2)16-13(17)11-7-6-10(15)8-12(11)14(16)18/h6-9H,3-5,15H2,1-2H3. The summed E-state index contributed by atoms with van der Waals surface area (Å²) in [6, 6.07) is 4.82. The van der Waals surface area contributed by atoms with Gasteiger partial charge in [0.05, 0.1) is 11.1 Å². The van der Waals surface area contributed by atoms with Gasteiger partial charge in [-0.3, -0.25) is 14.5 Å². The van der Waals surface area contributed by atoms with Crippen LogP contribution in [-0.2, 0) is 0 Å². The third kappa shape index (κ3) is 1.98. The fourth-order valence-corrected chi connectivity index (χ4v) is 2.31. The van der Waals surface area contributed by atoms with E-state index in [1.54, 1.807) is 18.2 Å². The van der Waals surface area contributed by atoms with Crippen molar-refractivity contribution in [1.29, 1.82) is 0 Å². The number of rotatable bonds is 4. The van der Waals surface area contributed by atoms with Crippen LogP contribution in [0.15, 0.2) is 18.2 Å². The average molecular weight is 246 g/mol. The maximum absolute atomic E-state index is 12.2. The van der Waals surface area contributed by atoms with Crippen LogP contribution in [-0.4, -0.2) is 22.8 Å². The summed E-state index contributed by atoms with van der Waals surface area (Å²) in [7, 11) is 0. The molecule has 96 valence electrons. The van der Waals surface area contributed by atoms with Gasteiger partial charge < -0.3 is 5.73 Å². The Morgan fingerprint density at radius 3 is 2.56 bits per heavy atom. The number of amides is 2. The molecule has 1 aliphatic heterocycles. The van der Waals surface area contributed by atoms with Crippen molar-refractivity contribution in [2.75, 3.05) is 5.73 Å². The number of fused-ring (bicyclic) bond motifs is 1. The van der Waals surface area contributed by atoms with Crippen LogP contribution in [0.2, 0.25) is 0 Å². The molecule has 0 radical (unpaired) electrons. The fraction of sp³-hybridized carbons (Fsp3) is 0.429. The molecular weight excluding hydrogens is 228 g/mol. The van der Waals surface area contributed by atoms with Crippen molar-refractivity contribution in [3.8, 4) is 0 Å². The van der Waals surface area contributed by atoms with Gasteiger partial charge in [0, 0.05) is 11.7 Å². The molecule has 0 bridgehead atoms. The molecule has 1 aromatic carbocycles. The van der Waals surface area contributed by atoms with Crippen molar-refractivity contribution in [2.24, 2.45) is 0 Å². The van der Waals surface area contributed by atoms with Gasteiger partial charge in [-0.25, -0.2) is 0 Å².